The van der Waals surface area contributed by atoms with Gasteiger partial charge >= 0.3 is 5.69 Å². The highest BCUT2D eigenvalue weighted by Crippen LogP contribution is 2.29. The molecule has 0 saturated heterocycles. The van der Waals surface area contributed by atoms with Crippen molar-refractivity contribution in [2.75, 3.05) is 0 Å². The summed E-state index contributed by atoms with van der Waals surface area (Å²) in [6.45, 7) is 6.76. The zero-order chi connectivity index (χ0) is 18.4. The molecular formula is C20H24N2O3. The average molecular weight is 340 g/mol. The number of aliphatic hydroxyl groups is 1. The van der Waals surface area contributed by atoms with Crippen molar-refractivity contribution in [1.82, 2.24) is 9.13 Å². The Morgan fingerprint density at radius 3 is 2.28 bits per heavy atom. The van der Waals surface area contributed by atoms with Gasteiger partial charge in [-0.2, -0.15) is 0 Å². The first-order valence-electron chi connectivity index (χ1n) is 8.34. The molecule has 1 heterocycles. The van der Waals surface area contributed by atoms with Gasteiger partial charge in [0.25, 0.3) is 0 Å². The minimum atomic E-state index is -0.220. The Hall–Kier alpha value is -2.53. The standard InChI is InChI=1S/C20H24N2O3/c1-20(2,3)12-22-16-7-5-14(10-17(16)21(4)19(22)25)13-6-8-18(24)15(9-13)11-23/h5-10,23-24H,11-12H2,1-4H3. The van der Waals surface area contributed by atoms with Crippen LogP contribution in [0, 0.1) is 5.41 Å². The van der Waals surface area contributed by atoms with Gasteiger partial charge in [-0.05, 0) is 40.8 Å². The Labute approximate surface area is 146 Å². The van der Waals surface area contributed by atoms with Crippen molar-refractivity contribution < 1.29 is 10.2 Å². The fourth-order valence-corrected chi connectivity index (χ4v) is 3.11. The van der Waals surface area contributed by atoms with E-state index in [0.717, 1.165) is 22.2 Å². The average Bonchev–Trinajstić information content (AvgIpc) is 2.78. The molecule has 2 N–H and O–H groups in total. The van der Waals surface area contributed by atoms with Gasteiger partial charge in [-0.1, -0.05) is 32.9 Å². The number of benzene rings is 2. The van der Waals surface area contributed by atoms with Gasteiger partial charge in [-0.25, -0.2) is 4.79 Å². The monoisotopic (exact) mass is 340 g/mol. The van der Waals surface area contributed by atoms with Crippen molar-refractivity contribution in [3.05, 3.63) is 52.4 Å². The van der Waals surface area contributed by atoms with Crippen molar-refractivity contribution in [2.45, 2.75) is 33.9 Å². The molecule has 132 valence electrons. The van der Waals surface area contributed by atoms with Crippen LogP contribution in [-0.2, 0) is 20.2 Å². The van der Waals surface area contributed by atoms with E-state index in [1.54, 1.807) is 29.8 Å². The number of nitrogens with zero attached hydrogens (tertiary/aromatic N) is 2. The summed E-state index contributed by atoms with van der Waals surface area (Å²) in [4.78, 5) is 12.6. The third-order valence-electron chi connectivity index (χ3n) is 4.36. The zero-order valence-electron chi connectivity index (χ0n) is 15.1. The molecule has 5 nitrogen and oxygen atoms in total. The van der Waals surface area contributed by atoms with E-state index in [-0.39, 0.29) is 23.5 Å². The van der Waals surface area contributed by atoms with Crippen molar-refractivity contribution in [2.24, 2.45) is 12.5 Å². The van der Waals surface area contributed by atoms with Gasteiger partial charge in [-0.3, -0.25) is 9.13 Å². The highest BCUT2D eigenvalue weighted by Gasteiger charge is 2.18. The number of aryl methyl sites for hydroxylation is 1. The van der Waals surface area contributed by atoms with Crippen LogP contribution in [0.1, 0.15) is 26.3 Å². The molecule has 0 radical (unpaired) electrons. The van der Waals surface area contributed by atoms with Crippen LogP contribution in [0.4, 0.5) is 0 Å². The number of hydrogen-bond acceptors (Lipinski definition) is 3. The third-order valence-corrected chi connectivity index (χ3v) is 4.36. The summed E-state index contributed by atoms with van der Waals surface area (Å²) in [7, 11) is 1.78. The van der Waals surface area contributed by atoms with Crippen molar-refractivity contribution >= 4 is 11.0 Å². The van der Waals surface area contributed by atoms with Gasteiger partial charge in [0.2, 0.25) is 0 Å². The summed E-state index contributed by atoms with van der Waals surface area (Å²) in [5.41, 5.74) is 4.06. The minimum absolute atomic E-state index is 0.00374. The highest BCUT2D eigenvalue weighted by molar-refractivity contribution is 5.83. The van der Waals surface area contributed by atoms with Crippen LogP contribution in [0.3, 0.4) is 0 Å². The Morgan fingerprint density at radius 1 is 1.00 bits per heavy atom. The predicted molar refractivity (Wildman–Crippen MR) is 99.7 cm³/mol. The summed E-state index contributed by atoms with van der Waals surface area (Å²) in [6.07, 6.45) is 0. The Balaban J connectivity index is 2.16. The molecule has 5 heteroatoms. The first-order chi connectivity index (χ1) is 11.7. The lowest BCUT2D eigenvalue weighted by atomic mass is 9.97. The second-order valence-electron chi connectivity index (χ2n) is 7.69. The summed E-state index contributed by atoms with van der Waals surface area (Å²) in [5.74, 6) is 0.0797. The lowest BCUT2D eigenvalue weighted by molar-refractivity contribution is 0.275. The van der Waals surface area contributed by atoms with Crippen molar-refractivity contribution in [3.63, 3.8) is 0 Å². The van der Waals surface area contributed by atoms with E-state index < -0.39 is 0 Å². The second-order valence-corrected chi connectivity index (χ2v) is 7.69. The number of fused-ring (bicyclic) bond motifs is 1. The minimum Gasteiger partial charge on any atom is -0.508 e. The van der Waals surface area contributed by atoms with E-state index in [1.807, 2.05) is 22.8 Å². The maximum Gasteiger partial charge on any atom is 0.328 e. The molecule has 0 aliphatic rings. The highest BCUT2D eigenvalue weighted by atomic mass is 16.3. The molecule has 0 aliphatic carbocycles. The number of imidazole rings is 1. The summed E-state index contributed by atoms with van der Waals surface area (Å²) in [6, 6.07) is 11.1. The van der Waals surface area contributed by atoms with Gasteiger partial charge in [0.05, 0.1) is 17.6 Å². The lowest BCUT2D eigenvalue weighted by Gasteiger charge is -2.18. The number of hydrogen-bond donors (Lipinski definition) is 2. The molecule has 0 spiro atoms. The van der Waals surface area contributed by atoms with Gasteiger partial charge < -0.3 is 10.2 Å². The van der Waals surface area contributed by atoms with E-state index in [1.165, 1.54) is 0 Å². The van der Waals surface area contributed by atoms with E-state index in [0.29, 0.717) is 12.1 Å². The molecule has 0 aliphatic heterocycles. The maximum absolute atomic E-state index is 12.6. The van der Waals surface area contributed by atoms with Crippen LogP contribution in [0.5, 0.6) is 5.75 Å². The SMILES string of the molecule is Cn1c(=O)n(CC(C)(C)C)c2ccc(-c3ccc(O)c(CO)c3)cc21. The van der Waals surface area contributed by atoms with E-state index in [9.17, 15) is 15.0 Å². The van der Waals surface area contributed by atoms with Gasteiger partial charge in [0.15, 0.2) is 0 Å². The topological polar surface area (TPSA) is 67.4 Å². The van der Waals surface area contributed by atoms with E-state index >= 15 is 0 Å². The molecule has 3 aromatic rings. The van der Waals surface area contributed by atoms with Crippen LogP contribution in [0.2, 0.25) is 0 Å². The molecule has 0 fully saturated rings. The Morgan fingerprint density at radius 2 is 1.64 bits per heavy atom. The fourth-order valence-electron chi connectivity index (χ4n) is 3.11. The quantitative estimate of drug-likeness (QED) is 0.769. The van der Waals surface area contributed by atoms with Crippen LogP contribution in [0.15, 0.2) is 41.2 Å². The molecule has 25 heavy (non-hydrogen) atoms. The van der Waals surface area contributed by atoms with Gasteiger partial charge in [0.1, 0.15) is 5.75 Å². The van der Waals surface area contributed by atoms with Crippen LogP contribution in [0.25, 0.3) is 22.2 Å². The number of aromatic hydroxyl groups is 1. The smallest absolute Gasteiger partial charge is 0.328 e. The van der Waals surface area contributed by atoms with Crippen molar-refractivity contribution in [1.29, 1.82) is 0 Å². The van der Waals surface area contributed by atoms with Crippen LogP contribution >= 0.6 is 0 Å². The predicted octanol–water partition coefficient (Wildman–Crippen LogP) is 3.25. The molecule has 0 bridgehead atoms. The molecule has 1 aromatic heterocycles. The molecule has 0 amide bonds. The molecule has 0 atom stereocenters. The molecular weight excluding hydrogens is 316 g/mol. The zero-order valence-corrected chi connectivity index (χ0v) is 15.1. The number of aliphatic hydroxyl groups excluding tert-OH is 1. The first-order valence-corrected chi connectivity index (χ1v) is 8.34. The molecule has 0 unspecified atom stereocenters. The third kappa shape index (κ3) is 3.20. The first kappa shape index (κ1) is 17.3. The van der Waals surface area contributed by atoms with E-state index in [2.05, 4.69) is 20.8 Å². The van der Waals surface area contributed by atoms with Crippen LogP contribution in [-0.4, -0.2) is 19.3 Å². The maximum atomic E-state index is 12.6. The van der Waals surface area contributed by atoms with Crippen molar-refractivity contribution in [3.8, 4) is 16.9 Å². The van der Waals surface area contributed by atoms with Gasteiger partial charge in [-0.15, -0.1) is 0 Å². The van der Waals surface area contributed by atoms with Crippen LogP contribution < -0.4 is 5.69 Å². The number of phenols is 1. The molecule has 2 aromatic carbocycles. The number of rotatable bonds is 3. The Bertz CT molecular complexity index is 991. The summed E-state index contributed by atoms with van der Waals surface area (Å²) in [5, 5.41) is 19.1. The van der Waals surface area contributed by atoms with Gasteiger partial charge in [0, 0.05) is 19.2 Å². The second kappa shape index (κ2) is 6.08. The normalized spacial score (nSPS) is 12.0. The summed E-state index contributed by atoms with van der Waals surface area (Å²) >= 11 is 0. The number of aromatic nitrogens is 2. The molecule has 0 saturated carbocycles. The largest absolute Gasteiger partial charge is 0.508 e. The fraction of sp³-hybridized carbons (Fsp3) is 0.350. The Kier molecular flexibility index (Phi) is 4.21. The lowest BCUT2D eigenvalue weighted by Crippen LogP contribution is -2.27. The summed E-state index contributed by atoms with van der Waals surface area (Å²) < 4.78 is 3.48. The van der Waals surface area contributed by atoms with E-state index in [4.69, 9.17) is 0 Å². The molecule has 3 rings (SSSR count).